The molecule has 1 aromatic rings. The first kappa shape index (κ1) is 11.1. The lowest BCUT2D eigenvalue weighted by Crippen LogP contribution is -2.14. The number of halogens is 2. The summed E-state index contributed by atoms with van der Waals surface area (Å²) in [4.78, 5) is 11.4. The zero-order chi connectivity index (χ0) is 10.8. The SMILES string of the molecule is O=C1CSCC1Cc1ccc(F)cc1Br. The van der Waals surface area contributed by atoms with E-state index in [1.165, 1.54) is 12.1 Å². The number of benzene rings is 1. The highest BCUT2D eigenvalue weighted by atomic mass is 79.9. The molecule has 1 saturated heterocycles. The largest absolute Gasteiger partial charge is 0.298 e. The second-order valence-electron chi connectivity index (χ2n) is 3.62. The summed E-state index contributed by atoms with van der Waals surface area (Å²) in [5.74, 6) is 1.69. The van der Waals surface area contributed by atoms with E-state index >= 15 is 0 Å². The number of carbonyl (C=O) groups excluding carboxylic acids is 1. The molecule has 1 aliphatic heterocycles. The Morgan fingerprint density at radius 1 is 1.53 bits per heavy atom. The highest BCUT2D eigenvalue weighted by molar-refractivity contribution is 9.10. The third-order valence-electron chi connectivity index (χ3n) is 2.50. The van der Waals surface area contributed by atoms with Gasteiger partial charge in [-0.05, 0) is 24.1 Å². The summed E-state index contributed by atoms with van der Waals surface area (Å²) in [7, 11) is 0. The maximum Gasteiger partial charge on any atom is 0.146 e. The van der Waals surface area contributed by atoms with Crippen LogP contribution in [0.4, 0.5) is 4.39 Å². The molecule has 1 atom stereocenters. The molecule has 1 heterocycles. The van der Waals surface area contributed by atoms with Gasteiger partial charge in [0, 0.05) is 16.1 Å². The minimum atomic E-state index is -0.252. The van der Waals surface area contributed by atoms with E-state index in [1.54, 1.807) is 17.8 Å². The Morgan fingerprint density at radius 2 is 2.33 bits per heavy atom. The van der Waals surface area contributed by atoms with Crippen LogP contribution in [0.2, 0.25) is 0 Å². The van der Waals surface area contributed by atoms with E-state index in [0.29, 0.717) is 18.0 Å². The van der Waals surface area contributed by atoms with Gasteiger partial charge in [0.05, 0.1) is 5.75 Å². The summed E-state index contributed by atoms with van der Waals surface area (Å²) in [6, 6.07) is 4.63. The van der Waals surface area contributed by atoms with Crippen molar-refractivity contribution in [1.82, 2.24) is 0 Å². The number of ketones is 1. The van der Waals surface area contributed by atoms with Gasteiger partial charge >= 0.3 is 0 Å². The predicted molar refractivity (Wildman–Crippen MR) is 63.6 cm³/mol. The monoisotopic (exact) mass is 288 g/mol. The van der Waals surface area contributed by atoms with E-state index in [1.807, 2.05) is 0 Å². The number of hydrogen-bond donors (Lipinski definition) is 0. The number of hydrogen-bond acceptors (Lipinski definition) is 2. The highest BCUT2D eigenvalue weighted by Crippen LogP contribution is 2.27. The molecule has 1 aliphatic rings. The molecule has 0 radical (unpaired) electrons. The van der Waals surface area contributed by atoms with E-state index in [-0.39, 0.29) is 11.7 Å². The molecule has 1 aromatic carbocycles. The molecule has 0 N–H and O–H groups in total. The van der Waals surface area contributed by atoms with Crippen LogP contribution in [0.15, 0.2) is 22.7 Å². The number of thioether (sulfide) groups is 1. The van der Waals surface area contributed by atoms with Crippen LogP contribution in [0.5, 0.6) is 0 Å². The molecule has 4 heteroatoms. The molecule has 0 amide bonds. The zero-order valence-electron chi connectivity index (χ0n) is 8.00. The number of Topliss-reactive ketones (excluding diaryl/α,β-unsaturated/α-hetero) is 1. The second kappa shape index (κ2) is 4.66. The Morgan fingerprint density at radius 3 is 2.93 bits per heavy atom. The molecule has 1 unspecified atom stereocenters. The average Bonchev–Trinajstić information content (AvgIpc) is 2.57. The maximum absolute atomic E-state index is 12.8. The van der Waals surface area contributed by atoms with Crippen molar-refractivity contribution in [3.8, 4) is 0 Å². The smallest absolute Gasteiger partial charge is 0.146 e. The predicted octanol–water partition coefficient (Wildman–Crippen LogP) is 3.06. The van der Waals surface area contributed by atoms with E-state index in [9.17, 15) is 9.18 Å². The van der Waals surface area contributed by atoms with Crippen molar-refractivity contribution in [3.63, 3.8) is 0 Å². The summed E-state index contributed by atoms with van der Waals surface area (Å²) in [5.41, 5.74) is 1.01. The Balaban J connectivity index is 2.13. The Kier molecular flexibility index (Phi) is 3.46. The van der Waals surface area contributed by atoms with Crippen LogP contribution in [-0.2, 0) is 11.2 Å². The van der Waals surface area contributed by atoms with Crippen LogP contribution < -0.4 is 0 Å². The molecule has 0 spiro atoms. The molecule has 0 saturated carbocycles. The molecule has 0 bridgehead atoms. The Hall–Kier alpha value is -0.350. The van der Waals surface area contributed by atoms with Gasteiger partial charge in [0.2, 0.25) is 0 Å². The van der Waals surface area contributed by atoms with Gasteiger partial charge in [-0.15, -0.1) is 0 Å². The van der Waals surface area contributed by atoms with Crippen molar-refractivity contribution in [2.45, 2.75) is 6.42 Å². The lowest BCUT2D eigenvalue weighted by Gasteiger charge is -2.08. The van der Waals surface area contributed by atoms with Gasteiger partial charge in [-0.1, -0.05) is 22.0 Å². The van der Waals surface area contributed by atoms with Crippen LogP contribution >= 0.6 is 27.7 Å². The summed E-state index contributed by atoms with van der Waals surface area (Å²) < 4.78 is 13.6. The van der Waals surface area contributed by atoms with Crippen LogP contribution in [0.25, 0.3) is 0 Å². The standard InChI is InChI=1S/C11H10BrFOS/c12-10-4-9(13)2-1-7(10)3-8-5-15-6-11(8)14/h1-2,4,8H,3,5-6H2. The normalized spacial score (nSPS) is 20.9. The fraction of sp³-hybridized carbons (Fsp3) is 0.364. The first-order chi connectivity index (χ1) is 7.16. The lowest BCUT2D eigenvalue weighted by molar-refractivity contribution is -0.119. The second-order valence-corrected chi connectivity index (χ2v) is 5.50. The van der Waals surface area contributed by atoms with Gasteiger partial charge < -0.3 is 0 Å². The third-order valence-corrected chi connectivity index (χ3v) is 4.37. The average molecular weight is 289 g/mol. The molecule has 15 heavy (non-hydrogen) atoms. The Bertz CT molecular complexity index is 394. The van der Waals surface area contributed by atoms with Crippen molar-refractivity contribution in [1.29, 1.82) is 0 Å². The molecule has 2 rings (SSSR count). The summed E-state index contributed by atoms with van der Waals surface area (Å²) in [6.45, 7) is 0. The van der Waals surface area contributed by atoms with E-state index < -0.39 is 0 Å². The number of rotatable bonds is 2. The quantitative estimate of drug-likeness (QED) is 0.832. The maximum atomic E-state index is 12.8. The summed E-state index contributed by atoms with van der Waals surface area (Å²) >= 11 is 5.00. The van der Waals surface area contributed by atoms with Crippen LogP contribution in [0, 0.1) is 11.7 Å². The van der Waals surface area contributed by atoms with Crippen LogP contribution in [-0.4, -0.2) is 17.3 Å². The van der Waals surface area contributed by atoms with E-state index in [2.05, 4.69) is 15.9 Å². The minimum absolute atomic E-state index is 0.108. The molecule has 0 aromatic heterocycles. The van der Waals surface area contributed by atoms with Crippen LogP contribution in [0.1, 0.15) is 5.56 Å². The first-order valence-corrected chi connectivity index (χ1v) is 6.66. The van der Waals surface area contributed by atoms with E-state index in [0.717, 1.165) is 15.8 Å². The van der Waals surface area contributed by atoms with Gasteiger partial charge in [0.1, 0.15) is 11.6 Å². The van der Waals surface area contributed by atoms with Gasteiger partial charge in [0.15, 0.2) is 0 Å². The van der Waals surface area contributed by atoms with Crippen molar-refractivity contribution >= 4 is 33.5 Å². The summed E-state index contributed by atoms with van der Waals surface area (Å²) in [5, 5.41) is 0. The summed E-state index contributed by atoms with van der Waals surface area (Å²) in [6.07, 6.45) is 0.715. The lowest BCUT2D eigenvalue weighted by atomic mass is 9.98. The van der Waals surface area contributed by atoms with Gasteiger partial charge in [-0.3, -0.25) is 4.79 Å². The van der Waals surface area contributed by atoms with Crippen molar-refractivity contribution in [2.24, 2.45) is 5.92 Å². The molecule has 1 nitrogen and oxygen atoms in total. The van der Waals surface area contributed by atoms with Gasteiger partial charge in [-0.25, -0.2) is 4.39 Å². The zero-order valence-corrected chi connectivity index (χ0v) is 10.4. The van der Waals surface area contributed by atoms with Gasteiger partial charge in [-0.2, -0.15) is 11.8 Å². The van der Waals surface area contributed by atoms with Crippen molar-refractivity contribution in [3.05, 3.63) is 34.1 Å². The first-order valence-electron chi connectivity index (χ1n) is 4.71. The number of carbonyl (C=O) groups is 1. The fourth-order valence-corrected chi connectivity index (χ4v) is 3.29. The molecular formula is C11H10BrFOS. The third kappa shape index (κ3) is 2.61. The topological polar surface area (TPSA) is 17.1 Å². The molecule has 80 valence electrons. The molecule has 0 aliphatic carbocycles. The van der Waals surface area contributed by atoms with Crippen molar-refractivity contribution < 1.29 is 9.18 Å². The Labute approximate surface area is 101 Å². The van der Waals surface area contributed by atoms with E-state index in [4.69, 9.17) is 0 Å². The minimum Gasteiger partial charge on any atom is -0.298 e. The van der Waals surface area contributed by atoms with Crippen molar-refractivity contribution in [2.75, 3.05) is 11.5 Å². The van der Waals surface area contributed by atoms with Crippen LogP contribution in [0.3, 0.4) is 0 Å². The fourth-order valence-electron chi connectivity index (χ4n) is 1.64. The molecule has 1 fully saturated rings. The molecular weight excluding hydrogens is 279 g/mol. The van der Waals surface area contributed by atoms with Gasteiger partial charge in [0.25, 0.3) is 0 Å². The highest BCUT2D eigenvalue weighted by Gasteiger charge is 2.25.